The number of halogens is 2. The molecule has 0 bridgehead atoms. The summed E-state index contributed by atoms with van der Waals surface area (Å²) in [6.45, 7) is 10.8. The molecule has 0 atom stereocenters. The maximum Gasteiger partial charge on any atom is 4.00 e. The summed E-state index contributed by atoms with van der Waals surface area (Å²) < 4.78 is 2.37. The first kappa shape index (κ1) is 27.6. The van der Waals surface area contributed by atoms with Gasteiger partial charge in [0.25, 0.3) is 0 Å². The average molecular weight is 615 g/mol. The molecule has 158 valence electrons. The Balaban J connectivity index is 0.000000378. The number of benzene rings is 2. The van der Waals surface area contributed by atoms with Crippen molar-refractivity contribution in [1.82, 2.24) is 4.57 Å². The smallest absolute Gasteiger partial charge is 1.00 e. The molecule has 4 aromatic rings. The number of hydrogen-bond acceptors (Lipinski definition) is 0. The number of fused-ring (bicyclic) bond motifs is 2. The van der Waals surface area contributed by atoms with E-state index in [1.807, 2.05) is 0 Å². The van der Waals surface area contributed by atoms with E-state index in [0.717, 1.165) is 6.42 Å². The monoisotopic (exact) mass is 615 g/mol. The van der Waals surface area contributed by atoms with Crippen molar-refractivity contribution in [3.05, 3.63) is 94.7 Å². The maximum atomic E-state index is 3.26. The van der Waals surface area contributed by atoms with Crippen molar-refractivity contribution in [3.8, 4) is 5.69 Å². The summed E-state index contributed by atoms with van der Waals surface area (Å²) in [5, 5.41) is 3.95. The van der Waals surface area contributed by atoms with Gasteiger partial charge in [-0.2, -0.15) is 11.1 Å². The van der Waals surface area contributed by atoms with Crippen LogP contribution in [0.2, 0.25) is 0 Å². The Hall–Kier alpha value is -1.48. The summed E-state index contributed by atoms with van der Waals surface area (Å²) in [5.74, 6) is 0. The fraction of sp³-hybridized carbons (Fsp3) is 0.222. The third-order valence-electron chi connectivity index (χ3n) is 6.11. The van der Waals surface area contributed by atoms with E-state index < -0.39 is 0 Å². The zero-order valence-corrected chi connectivity index (χ0v) is 23.8. The zero-order chi connectivity index (χ0) is 19.8. The number of aromatic nitrogens is 1. The minimum Gasteiger partial charge on any atom is -1.00 e. The first-order valence-electron chi connectivity index (χ1n) is 9.94. The molecule has 1 aliphatic carbocycles. The van der Waals surface area contributed by atoms with Gasteiger partial charge in [-0.3, -0.25) is 6.08 Å². The Morgan fingerprint density at radius 1 is 0.871 bits per heavy atom. The van der Waals surface area contributed by atoms with Crippen LogP contribution >= 0.6 is 0 Å². The van der Waals surface area contributed by atoms with Gasteiger partial charge in [-0.1, -0.05) is 38.1 Å². The molecule has 0 unspecified atom stereocenters. The summed E-state index contributed by atoms with van der Waals surface area (Å²) in [6.07, 6.45) is 4.31. The molecule has 1 aliphatic rings. The van der Waals surface area contributed by atoms with E-state index in [-0.39, 0.29) is 50.7 Å². The number of hydrogen-bond donors (Lipinski definition) is 0. The summed E-state index contributed by atoms with van der Waals surface area (Å²) in [6, 6.07) is 21.7. The minimum absolute atomic E-state index is 0. The van der Waals surface area contributed by atoms with E-state index in [4.69, 9.17) is 0 Å². The quantitative estimate of drug-likeness (QED) is 0.227. The van der Waals surface area contributed by atoms with Gasteiger partial charge in [0, 0.05) is 11.1 Å². The van der Waals surface area contributed by atoms with Gasteiger partial charge in [-0.15, -0.1) is 54.4 Å². The molecule has 0 radical (unpaired) electrons. The molecule has 3 aromatic carbocycles. The van der Waals surface area contributed by atoms with Crippen LogP contribution < -0.4 is 24.8 Å². The number of rotatable bonds is 1. The second kappa shape index (κ2) is 11.4. The molecule has 1 aromatic heterocycles. The Labute approximate surface area is 217 Å². The van der Waals surface area contributed by atoms with E-state index >= 15 is 0 Å². The van der Waals surface area contributed by atoms with Gasteiger partial charge in [0.1, 0.15) is 0 Å². The molecule has 0 N–H and O–H groups in total. The van der Waals surface area contributed by atoms with Crippen LogP contribution in [0.1, 0.15) is 38.4 Å². The third kappa shape index (κ3) is 5.30. The summed E-state index contributed by atoms with van der Waals surface area (Å²) in [5.41, 5.74) is 9.48. The van der Waals surface area contributed by atoms with Crippen LogP contribution in [0, 0.1) is 19.9 Å². The Morgan fingerprint density at radius 3 is 2.10 bits per heavy atom. The van der Waals surface area contributed by atoms with Crippen molar-refractivity contribution in [3.63, 3.8) is 0 Å². The van der Waals surface area contributed by atoms with Crippen LogP contribution in [-0.2, 0) is 25.8 Å². The van der Waals surface area contributed by atoms with Gasteiger partial charge in [0.05, 0.1) is 5.52 Å². The number of allylic oxidation sites excluding steroid dienone is 4. The SMILES string of the molecule is CC1=[C-]CC(C)=C1C.Cc1c(C)n(-c2cc3ccccc3[cH-]2)c2ccccc12.[Cl-].[Cl-].[Hf+4]. The summed E-state index contributed by atoms with van der Waals surface area (Å²) >= 11 is 0. The van der Waals surface area contributed by atoms with Gasteiger partial charge in [0.2, 0.25) is 0 Å². The van der Waals surface area contributed by atoms with Crippen LogP contribution in [0.5, 0.6) is 0 Å². The molecule has 1 heterocycles. The topological polar surface area (TPSA) is 4.93 Å². The second-order valence-corrected chi connectivity index (χ2v) is 7.79. The molecule has 0 amide bonds. The van der Waals surface area contributed by atoms with E-state index in [1.165, 1.54) is 55.3 Å². The first-order valence-corrected chi connectivity index (χ1v) is 9.94. The van der Waals surface area contributed by atoms with Gasteiger partial charge in [0.15, 0.2) is 0 Å². The van der Waals surface area contributed by atoms with Crippen molar-refractivity contribution in [2.24, 2.45) is 0 Å². The van der Waals surface area contributed by atoms with Crippen LogP contribution in [0.3, 0.4) is 0 Å². The van der Waals surface area contributed by atoms with E-state index in [9.17, 15) is 0 Å². The fourth-order valence-electron chi connectivity index (χ4n) is 3.98. The van der Waals surface area contributed by atoms with Gasteiger partial charge < -0.3 is 29.4 Å². The molecular weight excluding hydrogens is 588 g/mol. The fourth-order valence-corrected chi connectivity index (χ4v) is 3.98. The van der Waals surface area contributed by atoms with Gasteiger partial charge >= 0.3 is 25.8 Å². The number of aryl methyl sites for hydroxylation is 1. The molecule has 31 heavy (non-hydrogen) atoms. The largest absolute Gasteiger partial charge is 4.00 e. The van der Waals surface area contributed by atoms with Crippen molar-refractivity contribution >= 4 is 21.7 Å². The molecule has 0 saturated carbocycles. The molecule has 0 aliphatic heterocycles. The van der Waals surface area contributed by atoms with Gasteiger partial charge in [-0.05, 0) is 31.2 Å². The normalized spacial score (nSPS) is 12.5. The van der Waals surface area contributed by atoms with E-state index in [0.29, 0.717) is 0 Å². The van der Waals surface area contributed by atoms with Crippen LogP contribution in [-0.4, -0.2) is 4.57 Å². The maximum absolute atomic E-state index is 3.26. The molecule has 0 saturated heterocycles. The van der Waals surface area contributed by atoms with Crippen molar-refractivity contribution in [2.45, 2.75) is 41.0 Å². The van der Waals surface area contributed by atoms with Crippen LogP contribution in [0.4, 0.5) is 0 Å². The van der Waals surface area contributed by atoms with Crippen LogP contribution in [0.25, 0.3) is 27.4 Å². The predicted molar refractivity (Wildman–Crippen MR) is 121 cm³/mol. The Kier molecular flexibility index (Phi) is 10.1. The standard InChI is InChI=1S/C19H16N.C8H11.2ClH.Hf/c1-13-14(2)20(19-10-6-5-9-18(13)19)17-11-15-7-3-4-8-16(15)12-17;1-6-4-5-7(2)8(6)3;;;/h3-12H,1-2H3;4H2,1-3H3;2*1H;/q2*-1;;;+4/p-2. The second-order valence-electron chi connectivity index (χ2n) is 7.79. The minimum atomic E-state index is 0. The first-order chi connectivity index (χ1) is 13.5. The molecular formula is C27H27Cl2HfN. The van der Waals surface area contributed by atoms with Crippen molar-refractivity contribution in [2.75, 3.05) is 0 Å². The third-order valence-corrected chi connectivity index (χ3v) is 6.11. The number of nitrogens with zero attached hydrogens (tertiary/aromatic N) is 1. The molecule has 0 fully saturated rings. The van der Waals surface area contributed by atoms with E-state index in [1.54, 1.807) is 0 Å². The molecule has 0 spiro atoms. The van der Waals surface area contributed by atoms with E-state index in [2.05, 4.69) is 106 Å². The molecule has 1 nitrogen and oxygen atoms in total. The number of para-hydroxylation sites is 1. The Morgan fingerprint density at radius 2 is 1.52 bits per heavy atom. The predicted octanol–water partition coefficient (Wildman–Crippen LogP) is 1.60. The molecule has 5 rings (SSSR count). The Bertz CT molecular complexity index is 1200. The molecule has 4 heteroatoms. The average Bonchev–Trinajstić information content (AvgIpc) is 3.34. The van der Waals surface area contributed by atoms with Crippen LogP contribution in [0.15, 0.2) is 77.4 Å². The zero-order valence-electron chi connectivity index (χ0n) is 18.7. The summed E-state index contributed by atoms with van der Waals surface area (Å²) in [4.78, 5) is 0. The van der Waals surface area contributed by atoms with Crippen molar-refractivity contribution < 1.29 is 50.7 Å². The van der Waals surface area contributed by atoms with Gasteiger partial charge in [-0.25, -0.2) is 5.57 Å². The summed E-state index contributed by atoms with van der Waals surface area (Å²) in [7, 11) is 0. The van der Waals surface area contributed by atoms with Crippen molar-refractivity contribution in [1.29, 1.82) is 0 Å².